The van der Waals surface area contributed by atoms with Crippen LogP contribution >= 0.6 is 0 Å². The molecule has 1 N–H and O–H groups in total. The van der Waals surface area contributed by atoms with Crippen molar-refractivity contribution in [2.45, 2.75) is 51.6 Å². The van der Waals surface area contributed by atoms with E-state index in [-0.39, 0.29) is 17.6 Å². The van der Waals surface area contributed by atoms with Gasteiger partial charge in [0.05, 0.1) is 11.5 Å². The predicted molar refractivity (Wildman–Crippen MR) is 166 cm³/mol. The highest BCUT2D eigenvalue weighted by Gasteiger charge is 2.54. The van der Waals surface area contributed by atoms with E-state index in [1.54, 1.807) is 6.08 Å². The first kappa shape index (κ1) is 27.6. The average Bonchev–Trinajstić information content (AvgIpc) is 3.26. The summed E-state index contributed by atoms with van der Waals surface area (Å²) in [6.07, 6.45) is 7.84. The van der Waals surface area contributed by atoms with Gasteiger partial charge in [0.1, 0.15) is 0 Å². The Morgan fingerprint density at radius 1 is 0.650 bits per heavy atom. The van der Waals surface area contributed by atoms with E-state index in [4.69, 9.17) is 0 Å². The van der Waals surface area contributed by atoms with Crippen molar-refractivity contribution < 1.29 is 9.90 Å². The molecule has 4 atom stereocenters. The summed E-state index contributed by atoms with van der Waals surface area (Å²) in [7, 11) is 0. The highest BCUT2D eigenvalue weighted by Crippen LogP contribution is 2.55. The van der Waals surface area contributed by atoms with Crippen LogP contribution in [0.5, 0.6) is 0 Å². The summed E-state index contributed by atoms with van der Waals surface area (Å²) in [6.45, 7) is 8.27. The summed E-state index contributed by atoms with van der Waals surface area (Å²) in [5.74, 6) is -0.884. The monoisotopic (exact) mass is 526 g/mol. The van der Waals surface area contributed by atoms with Crippen molar-refractivity contribution in [3.8, 4) is 0 Å². The van der Waals surface area contributed by atoms with Crippen LogP contribution in [0.15, 0.2) is 109 Å². The van der Waals surface area contributed by atoms with Gasteiger partial charge in [0.2, 0.25) is 0 Å². The van der Waals surface area contributed by atoms with Crippen molar-refractivity contribution in [2.24, 2.45) is 5.92 Å². The van der Waals surface area contributed by atoms with E-state index in [1.807, 2.05) is 54.6 Å². The summed E-state index contributed by atoms with van der Waals surface area (Å²) < 4.78 is 0. The van der Waals surface area contributed by atoms with Gasteiger partial charge in [-0.3, -0.25) is 4.79 Å². The molecule has 4 aromatic carbocycles. The Kier molecular flexibility index (Phi) is 8.00. The Morgan fingerprint density at radius 2 is 1.07 bits per heavy atom. The van der Waals surface area contributed by atoms with Crippen LogP contribution in [0.3, 0.4) is 0 Å². The van der Waals surface area contributed by atoms with Crippen molar-refractivity contribution in [3.63, 3.8) is 0 Å². The molecule has 2 nitrogen and oxygen atoms in total. The van der Waals surface area contributed by atoms with E-state index < -0.39 is 11.5 Å². The highest BCUT2D eigenvalue weighted by molar-refractivity contribution is 5.97. The fraction of sp³-hybridized carbons (Fsp3) is 0.237. The van der Waals surface area contributed by atoms with Gasteiger partial charge in [0.25, 0.3) is 0 Å². The second-order valence-electron chi connectivity index (χ2n) is 11.5. The molecule has 0 radical (unpaired) electrons. The maximum atomic E-state index is 14.2. The fourth-order valence-corrected chi connectivity index (χ4v) is 5.97. The molecule has 2 heteroatoms. The largest absolute Gasteiger partial charge is 0.385 e. The lowest BCUT2D eigenvalue weighted by Crippen LogP contribution is -2.37. The minimum Gasteiger partial charge on any atom is -0.385 e. The normalized spacial score (nSPS) is 22.8. The molecule has 1 aliphatic carbocycles. The molecule has 0 spiro atoms. The zero-order chi connectivity index (χ0) is 28.3. The SMILES string of the molecule is Cc1ccc(/C=C/C(=O)[C@@H]2[C@@H](c3ccc(C)cc3)[C@H](c3ccc(C)cc3)C[C@@]2(O)/C=C/c2ccc(C)cc2)cc1. The first-order valence-corrected chi connectivity index (χ1v) is 14.1. The maximum Gasteiger partial charge on any atom is 0.162 e. The van der Waals surface area contributed by atoms with Gasteiger partial charge < -0.3 is 5.11 Å². The van der Waals surface area contributed by atoms with Gasteiger partial charge in [-0.25, -0.2) is 0 Å². The lowest BCUT2D eigenvalue weighted by molar-refractivity contribution is -0.123. The number of ketones is 1. The first-order chi connectivity index (χ1) is 19.2. The van der Waals surface area contributed by atoms with Gasteiger partial charge in [0.15, 0.2) is 5.78 Å². The molecule has 202 valence electrons. The van der Waals surface area contributed by atoms with E-state index in [2.05, 4.69) is 88.4 Å². The van der Waals surface area contributed by atoms with Crippen LogP contribution in [0.2, 0.25) is 0 Å². The number of benzene rings is 4. The smallest absolute Gasteiger partial charge is 0.162 e. The van der Waals surface area contributed by atoms with Crippen LogP contribution in [0.4, 0.5) is 0 Å². The number of hydrogen-bond acceptors (Lipinski definition) is 2. The first-order valence-electron chi connectivity index (χ1n) is 14.1. The molecule has 0 saturated heterocycles. The van der Waals surface area contributed by atoms with Crippen molar-refractivity contribution in [3.05, 3.63) is 154 Å². The molecular formula is C38H38O2. The van der Waals surface area contributed by atoms with E-state index in [1.165, 1.54) is 22.3 Å². The molecule has 4 aromatic rings. The number of aliphatic hydroxyl groups is 1. The van der Waals surface area contributed by atoms with Crippen molar-refractivity contribution in [2.75, 3.05) is 0 Å². The minimum atomic E-state index is -1.31. The van der Waals surface area contributed by atoms with Crippen LogP contribution in [-0.4, -0.2) is 16.5 Å². The Balaban J connectivity index is 1.61. The summed E-state index contributed by atoms with van der Waals surface area (Å²) in [5.41, 5.74) is 7.62. The molecule has 5 rings (SSSR count). The number of allylic oxidation sites excluding steroid dienone is 1. The van der Waals surface area contributed by atoms with E-state index in [0.29, 0.717) is 6.42 Å². The lowest BCUT2D eigenvalue weighted by Gasteiger charge is -2.29. The molecule has 1 saturated carbocycles. The topological polar surface area (TPSA) is 37.3 Å². The molecular weight excluding hydrogens is 488 g/mol. The molecule has 0 aromatic heterocycles. The second kappa shape index (κ2) is 11.6. The predicted octanol–water partition coefficient (Wildman–Crippen LogP) is 8.53. The van der Waals surface area contributed by atoms with E-state index >= 15 is 0 Å². The molecule has 0 unspecified atom stereocenters. The van der Waals surface area contributed by atoms with Gasteiger partial charge >= 0.3 is 0 Å². The Morgan fingerprint density at radius 3 is 1.57 bits per heavy atom. The molecule has 0 amide bonds. The fourth-order valence-electron chi connectivity index (χ4n) is 5.97. The van der Waals surface area contributed by atoms with Gasteiger partial charge in [-0.15, -0.1) is 0 Å². The van der Waals surface area contributed by atoms with Crippen molar-refractivity contribution in [1.82, 2.24) is 0 Å². The Hall–Kier alpha value is -4.01. The zero-order valence-corrected chi connectivity index (χ0v) is 23.8. The second-order valence-corrected chi connectivity index (χ2v) is 11.5. The summed E-state index contributed by atoms with van der Waals surface area (Å²) in [5, 5.41) is 12.4. The molecule has 0 bridgehead atoms. The molecule has 1 aliphatic rings. The van der Waals surface area contributed by atoms with Gasteiger partial charge in [-0.2, -0.15) is 0 Å². The van der Waals surface area contributed by atoms with E-state index in [0.717, 1.165) is 22.3 Å². The Bertz CT molecular complexity index is 1510. The van der Waals surface area contributed by atoms with Crippen LogP contribution in [0, 0.1) is 33.6 Å². The van der Waals surface area contributed by atoms with Gasteiger partial charge in [0, 0.05) is 5.92 Å². The number of rotatable bonds is 7. The highest BCUT2D eigenvalue weighted by atomic mass is 16.3. The van der Waals surface area contributed by atoms with Crippen LogP contribution in [0.25, 0.3) is 12.2 Å². The average molecular weight is 527 g/mol. The standard InChI is InChI=1S/C38H38O2/c1-26-5-13-30(14-6-26)17-22-35(39)37-36(33-20-11-29(4)12-21-33)34(32-18-9-28(3)10-19-32)25-38(37,40)24-23-31-15-7-27(2)8-16-31/h5-24,34,36-37,40H,25H2,1-4H3/b22-17+,24-23+/t34-,36-,37+,38-/m0/s1. The molecule has 1 fully saturated rings. The zero-order valence-electron chi connectivity index (χ0n) is 23.8. The summed E-state index contributed by atoms with van der Waals surface area (Å²) >= 11 is 0. The minimum absolute atomic E-state index is 0.0160. The van der Waals surface area contributed by atoms with Crippen molar-refractivity contribution >= 4 is 17.9 Å². The number of aryl methyl sites for hydroxylation is 4. The third-order valence-electron chi connectivity index (χ3n) is 8.31. The van der Waals surface area contributed by atoms with Gasteiger partial charge in [-0.05, 0) is 68.4 Å². The van der Waals surface area contributed by atoms with Gasteiger partial charge in [-0.1, -0.05) is 138 Å². The van der Waals surface area contributed by atoms with E-state index in [9.17, 15) is 9.90 Å². The van der Waals surface area contributed by atoms with Crippen LogP contribution in [0.1, 0.15) is 62.8 Å². The number of hydrogen-bond donors (Lipinski definition) is 1. The van der Waals surface area contributed by atoms with Crippen LogP contribution < -0.4 is 0 Å². The Labute approximate surface area is 238 Å². The van der Waals surface area contributed by atoms with Crippen molar-refractivity contribution in [1.29, 1.82) is 0 Å². The summed E-state index contributed by atoms with van der Waals surface area (Å²) in [6, 6.07) is 33.4. The molecule has 40 heavy (non-hydrogen) atoms. The quantitative estimate of drug-likeness (QED) is 0.245. The summed E-state index contributed by atoms with van der Waals surface area (Å²) in [4.78, 5) is 14.2. The third kappa shape index (κ3) is 6.08. The molecule has 0 heterocycles. The maximum absolute atomic E-state index is 14.2. The lowest BCUT2D eigenvalue weighted by atomic mass is 9.76. The third-order valence-corrected chi connectivity index (χ3v) is 8.31. The number of carbonyl (C=O) groups excluding carboxylic acids is 1. The van der Waals surface area contributed by atoms with Crippen LogP contribution in [-0.2, 0) is 4.79 Å². The number of carbonyl (C=O) groups is 1. The molecule has 0 aliphatic heterocycles.